The van der Waals surface area contributed by atoms with Crippen LogP contribution in [0.1, 0.15) is 23.4 Å². The fourth-order valence-corrected chi connectivity index (χ4v) is 2.52. The monoisotopic (exact) mass is 281 g/mol. The minimum Gasteiger partial charge on any atom is -0.469 e. The van der Waals surface area contributed by atoms with Crippen LogP contribution in [-0.2, 0) is 19.9 Å². The largest absolute Gasteiger partial charge is 0.469 e. The molecule has 0 radical (unpaired) electrons. The Morgan fingerprint density at radius 3 is 2.84 bits per heavy atom. The van der Waals surface area contributed by atoms with Gasteiger partial charge in [-0.1, -0.05) is 11.6 Å². The van der Waals surface area contributed by atoms with Gasteiger partial charge in [-0.2, -0.15) is 5.10 Å². The molecule has 2 heterocycles. The van der Waals surface area contributed by atoms with E-state index in [1.165, 1.54) is 0 Å². The zero-order valence-electron chi connectivity index (χ0n) is 11.6. The lowest BCUT2D eigenvalue weighted by molar-refractivity contribution is 0.460. The Bertz CT molecular complexity index is 519. The molecule has 1 atom stereocenters. The number of nitrogens with one attached hydrogen (secondary N) is 1. The van der Waals surface area contributed by atoms with Crippen LogP contribution in [0, 0.1) is 6.92 Å². The maximum Gasteiger partial charge on any atom is 0.130 e. The number of hydrogen-bond acceptors (Lipinski definition) is 3. The summed E-state index contributed by atoms with van der Waals surface area (Å²) < 4.78 is 7.09. The number of likely N-dealkylation sites (N-methyl/N-ethyl adjacent to an activating group) is 1. The quantitative estimate of drug-likeness (QED) is 0.885. The van der Waals surface area contributed by atoms with E-state index in [-0.39, 0.29) is 0 Å². The molecular formula is C14H20ClN3O. The predicted molar refractivity (Wildman–Crippen MR) is 76.5 cm³/mol. The van der Waals surface area contributed by atoms with Crippen molar-refractivity contribution >= 4 is 11.6 Å². The van der Waals surface area contributed by atoms with Crippen molar-refractivity contribution in [1.29, 1.82) is 0 Å². The van der Waals surface area contributed by atoms with E-state index in [0.29, 0.717) is 6.04 Å². The van der Waals surface area contributed by atoms with Crippen LogP contribution in [0.25, 0.3) is 0 Å². The summed E-state index contributed by atoms with van der Waals surface area (Å²) >= 11 is 6.27. The first-order valence-electron chi connectivity index (χ1n) is 6.49. The van der Waals surface area contributed by atoms with E-state index in [1.807, 2.05) is 33.2 Å². The van der Waals surface area contributed by atoms with Crippen LogP contribution in [0.3, 0.4) is 0 Å². The van der Waals surface area contributed by atoms with Crippen molar-refractivity contribution in [2.75, 3.05) is 7.05 Å². The third-order valence-electron chi connectivity index (χ3n) is 3.45. The second kappa shape index (κ2) is 6.26. The van der Waals surface area contributed by atoms with E-state index in [4.69, 9.17) is 16.0 Å². The molecule has 2 rings (SSSR count). The molecule has 19 heavy (non-hydrogen) atoms. The molecule has 0 bridgehead atoms. The number of nitrogens with zero attached hydrogens (tertiary/aromatic N) is 2. The molecule has 4 nitrogen and oxygen atoms in total. The summed E-state index contributed by atoms with van der Waals surface area (Å²) in [7, 11) is 3.85. The van der Waals surface area contributed by atoms with Crippen molar-refractivity contribution < 1.29 is 4.42 Å². The smallest absolute Gasteiger partial charge is 0.130 e. The van der Waals surface area contributed by atoms with E-state index in [2.05, 4.69) is 10.4 Å². The molecule has 0 aliphatic heterocycles. The Balaban J connectivity index is 1.98. The summed E-state index contributed by atoms with van der Waals surface area (Å²) in [6, 6.07) is 4.30. The molecule has 1 unspecified atom stereocenters. The van der Waals surface area contributed by atoms with Crippen molar-refractivity contribution in [2.24, 2.45) is 7.05 Å². The van der Waals surface area contributed by atoms with Crippen molar-refractivity contribution in [3.8, 4) is 0 Å². The molecular weight excluding hydrogens is 262 g/mol. The Hall–Kier alpha value is -1.26. The van der Waals surface area contributed by atoms with Gasteiger partial charge in [0.25, 0.3) is 0 Å². The van der Waals surface area contributed by atoms with Gasteiger partial charge in [0.2, 0.25) is 0 Å². The van der Waals surface area contributed by atoms with Crippen LogP contribution in [-0.4, -0.2) is 22.9 Å². The molecule has 0 aliphatic carbocycles. The first-order valence-corrected chi connectivity index (χ1v) is 6.87. The van der Waals surface area contributed by atoms with E-state index >= 15 is 0 Å². The third-order valence-corrected chi connectivity index (χ3v) is 3.92. The molecule has 0 aliphatic rings. The summed E-state index contributed by atoms with van der Waals surface area (Å²) in [6.45, 7) is 2.00. The lowest BCUT2D eigenvalue weighted by Gasteiger charge is -2.15. The van der Waals surface area contributed by atoms with Gasteiger partial charge in [-0.15, -0.1) is 0 Å². The minimum absolute atomic E-state index is 0.366. The maximum absolute atomic E-state index is 6.27. The molecule has 1 N–H and O–H groups in total. The Morgan fingerprint density at radius 2 is 2.32 bits per heavy atom. The molecule has 2 aromatic rings. The summed E-state index contributed by atoms with van der Waals surface area (Å²) in [4.78, 5) is 0. The van der Waals surface area contributed by atoms with Crippen molar-refractivity contribution in [3.63, 3.8) is 0 Å². The first kappa shape index (κ1) is 14.2. The summed E-state index contributed by atoms with van der Waals surface area (Å²) in [5.74, 6) is 1.02. The van der Waals surface area contributed by atoms with Gasteiger partial charge in [-0.3, -0.25) is 4.68 Å². The average Bonchev–Trinajstić information content (AvgIpc) is 2.98. The highest BCUT2D eigenvalue weighted by Crippen LogP contribution is 2.21. The first-order chi connectivity index (χ1) is 9.11. The molecule has 104 valence electrons. The average molecular weight is 282 g/mol. The van der Waals surface area contributed by atoms with Crippen molar-refractivity contribution in [1.82, 2.24) is 15.1 Å². The zero-order valence-corrected chi connectivity index (χ0v) is 12.4. The topological polar surface area (TPSA) is 43.0 Å². The number of aromatic nitrogens is 2. The summed E-state index contributed by atoms with van der Waals surface area (Å²) in [5.41, 5.74) is 2.13. The second-order valence-corrected chi connectivity index (χ2v) is 5.14. The van der Waals surface area contributed by atoms with E-state index < -0.39 is 0 Å². The fourth-order valence-electron chi connectivity index (χ4n) is 2.27. The van der Waals surface area contributed by atoms with Gasteiger partial charge in [0.05, 0.1) is 12.0 Å². The van der Waals surface area contributed by atoms with E-state index in [9.17, 15) is 0 Å². The molecule has 0 saturated carbocycles. The van der Waals surface area contributed by atoms with Gasteiger partial charge in [-0.05, 0) is 38.9 Å². The van der Waals surface area contributed by atoms with Crippen molar-refractivity contribution in [3.05, 3.63) is 40.6 Å². The maximum atomic E-state index is 6.27. The number of halogens is 1. The minimum atomic E-state index is 0.366. The standard InChI is InChI=1S/C14H20ClN3O/c1-10-13(14(15)18(3)17-10)9-11(16-2)6-7-12-5-4-8-19-12/h4-5,8,11,16H,6-7,9H2,1-3H3. The second-order valence-electron chi connectivity index (χ2n) is 4.79. The number of hydrogen-bond donors (Lipinski definition) is 1. The van der Waals surface area contributed by atoms with Crippen LogP contribution in [0.2, 0.25) is 5.15 Å². The Morgan fingerprint density at radius 1 is 1.53 bits per heavy atom. The summed E-state index contributed by atoms with van der Waals surface area (Å²) in [5, 5.41) is 8.42. The van der Waals surface area contributed by atoms with Gasteiger partial charge >= 0.3 is 0 Å². The number of furan rings is 1. The molecule has 0 saturated heterocycles. The molecule has 5 heteroatoms. The Kier molecular flexibility index (Phi) is 4.66. The van der Waals surface area contributed by atoms with Gasteiger partial charge < -0.3 is 9.73 Å². The lowest BCUT2D eigenvalue weighted by Crippen LogP contribution is -2.28. The SMILES string of the molecule is CNC(CCc1ccco1)Cc1c(C)nn(C)c1Cl. The molecule has 2 aromatic heterocycles. The van der Waals surface area contributed by atoms with E-state index in [0.717, 1.165) is 41.4 Å². The van der Waals surface area contributed by atoms with Gasteiger partial charge in [-0.25, -0.2) is 0 Å². The van der Waals surface area contributed by atoms with Crippen molar-refractivity contribution in [2.45, 2.75) is 32.2 Å². The number of rotatable bonds is 6. The van der Waals surface area contributed by atoms with Crippen LogP contribution < -0.4 is 5.32 Å². The highest BCUT2D eigenvalue weighted by molar-refractivity contribution is 6.30. The van der Waals surface area contributed by atoms with Crippen LogP contribution in [0.5, 0.6) is 0 Å². The fraction of sp³-hybridized carbons (Fsp3) is 0.500. The zero-order chi connectivity index (χ0) is 13.8. The van der Waals surface area contributed by atoms with Crippen LogP contribution in [0.15, 0.2) is 22.8 Å². The highest BCUT2D eigenvalue weighted by atomic mass is 35.5. The third kappa shape index (κ3) is 3.39. The predicted octanol–water partition coefficient (Wildman–Crippen LogP) is 2.74. The molecule has 0 amide bonds. The van der Waals surface area contributed by atoms with Gasteiger partial charge in [0, 0.05) is 25.1 Å². The normalized spacial score (nSPS) is 12.8. The van der Waals surface area contributed by atoms with Crippen LogP contribution in [0.4, 0.5) is 0 Å². The van der Waals surface area contributed by atoms with E-state index in [1.54, 1.807) is 10.9 Å². The summed E-state index contributed by atoms with van der Waals surface area (Å²) in [6.07, 6.45) is 4.53. The van der Waals surface area contributed by atoms with Gasteiger partial charge in [0.15, 0.2) is 0 Å². The molecule has 0 spiro atoms. The molecule has 0 aromatic carbocycles. The highest BCUT2D eigenvalue weighted by Gasteiger charge is 2.16. The lowest BCUT2D eigenvalue weighted by atomic mass is 10.0. The Labute approximate surface area is 118 Å². The van der Waals surface area contributed by atoms with Gasteiger partial charge in [0.1, 0.15) is 10.9 Å². The van der Waals surface area contributed by atoms with Crippen LogP contribution >= 0.6 is 11.6 Å². The molecule has 0 fully saturated rings. The number of aryl methyl sites for hydroxylation is 3.